The van der Waals surface area contributed by atoms with Gasteiger partial charge >= 0.3 is 0 Å². The summed E-state index contributed by atoms with van der Waals surface area (Å²) in [5.74, 6) is -0.862. The van der Waals surface area contributed by atoms with Crippen LogP contribution in [-0.2, 0) is 10.0 Å². The molecule has 21 heavy (non-hydrogen) atoms. The summed E-state index contributed by atoms with van der Waals surface area (Å²) in [5.41, 5.74) is 7.18. The molecule has 0 spiro atoms. The van der Waals surface area contributed by atoms with Gasteiger partial charge in [0.05, 0.1) is 10.7 Å². The molecule has 0 aliphatic heterocycles. The number of benzene rings is 2. The summed E-state index contributed by atoms with van der Waals surface area (Å²) in [7, 11) is -4.12. The first-order valence-electron chi connectivity index (χ1n) is 6.06. The molecule has 3 N–H and O–H groups in total. The summed E-state index contributed by atoms with van der Waals surface area (Å²) in [6, 6.07) is 7.12. The number of hydrogen-bond acceptors (Lipinski definition) is 3. The van der Waals surface area contributed by atoms with E-state index in [1.807, 2.05) is 0 Å². The van der Waals surface area contributed by atoms with Gasteiger partial charge in [0.1, 0.15) is 10.7 Å². The van der Waals surface area contributed by atoms with E-state index in [-0.39, 0.29) is 16.4 Å². The van der Waals surface area contributed by atoms with Crippen LogP contribution in [0, 0.1) is 19.7 Å². The molecule has 0 unspecified atom stereocenters. The maximum absolute atomic E-state index is 13.9. The fourth-order valence-electron chi connectivity index (χ4n) is 1.83. The highest BCUT2D eigenvalue weighted by atomic mass is 35.5. The molecule has 2 aromatic carbocycles. The lowest BCUT2D eigenvalue weighted by Gasteiger charge is -2.13. The van der Waals surface area contributed by atoms with Crippen LogP contribution in [0.3, 0.4) is 0 Å². The Bertz CT molecular complexity index is 787. The monoisotopic (exact) mass is 328 g/mol. The van der Waals surface area contributed by atoms with E-state index in [4.69, 9.17) is 17.3 Å². The third-order valence-electron chi connectivity index (χ3n) is 3.07. The molecule has 0 saturated carbocycles. The molecule has 0 aliphatic rings. The molecular formula is C14H14ClFN2O2S. The molecule has 0 heterocycles. The van der Waals surface area contributed by atoms with E-state index < -0.39 is 20.7 Å². The summed E-state index contributed by atoms with van der Waals surface area (Å²) in [6.07, 6.45) is 0. The maximum Gasteiger partial charge on any atom is 0.264 e. The average Bonchev–Trinajstić information content (AvgIpc) is 2.38. The van der Waals surface area contributed by atoms with E-state index in [1.165, 1.54) is 0 Å². The predicted molar refractivity (Wildman–Crippen MR) is 82.5 cm³/mol. The summed E-state index contributed by atoms with van der Waals surface area (Å²) in [4.78, 5) is -0.509. The SMILES string of the molecule is Cc1cc(F)c(S(=O)(=O)Nc2c(C)cccc2Cl)cc1N. The molecule has 0 radical (unpaired) electrons. The Morgan fingerprint density at radius 2 is 1.86 bits per heavy atom. The van der Waals surface area contributed by atoms with Crippen molar-refractivity contribution in [2.24, 2.45) is 0 Å². The number of nitrogen functional groups attached to an aromatic ring is 1. The highest BCUT2D eigenvalue weighted by molar-refractivity contribution is 7.92. The average molecular weight is 329 g/mol. The molecule has 0 atom stereocenters. The van der Waals surface area contributed by atoms with Gasteiger partial charge in [-0.05, 0) is 43.2 Å². The lowest BCUT2D eigenvalue weighted by atomic mass is 10.2. The maximum atomic E-state index is 13.9. The van der Waals surface area contributed by atoms with Gasteiger partial charge in [-0.25, -0.2) is 12.8 Å². The highest BCUT2D eigenvalue weighted by Gasteiger charge is 2.22. The number of para-hydroxylation sites is 1. The molecule has 7 heteroatoms. The van der Waals surface area contributed by atoms with Crippen LogP contribution in [0.5, 0.6) is 0 Å². The Balaban J connectivity index is 2.51. The van der Waals surface area contributed by atoms with Crippen LogP contribution in [0.1, 0.15) is 11.1 Å². The Morgan fingerprint density at radius 3 is 2.48 bits per heavy atom. The van der Waals surface area contributed by atoms with Gasteiger partial charge in [0, 0.05) is 5.69 Å². The second-order valence-corrected chi connectivity index (χ2v) is 6.73. The molecule has 0 saturated heterocycles. The quantitative estimate of drug-likeness (QED) is 0.847. The van der Waals surface area contributed by atoms with Gasteiger partial charge < -0.3 is 5.73 Å². The lowest BCUT2D eigenvalue weighted by molar-refractivity contribution is 0.570. The largest absolute Gasteiger partial charge is 0.398 e. The number of nitrogens with one attached hydrogen (secondary N) is 1. The van der Waals surface area contributed by atoms with Crippen molar-refractivity contribution in [3.05, 3.63) is 52.3 Å². The smallest absolute Gasteiger partial charge is 0.264 e. The van der Waals surface area contributed by atoms with E-state index in [1.54, 1.807) is 32.0 Å². The van der Waals surface area contributed by atoms with Crippen molar-refractivity contribution in [3.63, 3.8) is 0 Å². The van der Waals surface area contributed by atoms with Crippen LogP contribution in [0.25, 0.3) is 0 Å². The molecule has 2 rings (SSSR count). The van der Waals surface area contributed by atoms with Crippen LogP contribution in [-0.4, -0.2) is 8.42 Å². The van der Waals surface area contributed by atoms with Crippen molar-refractivity contribution < 1.29 is 12.8 Å². The molecule has 0 fully saturated rings. The molecular weight excluding hydrogens is 315 g/mol. The third-order valence-corrected chi connectivity index (χ3v) is 4.75. The van der Waals surface area contributed by atoms with Crippen molar-refractivity contribution in [2.45, 2.75) is 18.7 Å². The topological polar surface area (TPSA) is 72.2 Å². The second kappa shape index (κ2) is 5.54. The van der Waals surface area contributed by atoms with Crippen LogP contribution in [0.4, 0.5) is 15.8 Å². The van der Waals surface area contributed by atoms with E-state index in [0.29, 0.717) is 11.1 Å². The number of anilines is 2. The zero-order valence-electron chi connectivity index (χ0n) is 11.4. The number of rotatable bonds is 3. The fourth-order valence-corrected chi connectivity index (χ4v) is 3.40. The molecule has 0 bridgehead atoms. The van der Waals surface area contributed by atoms with E-state index in [9.17, 15) is 12.8 Å². The predicted octanol–water partition coefficient (Wildman–Crippen LogP) is 3.48. The van der Waals surface area contributed by atoms with E-state index >= 15 is 0 Å². The number of aryl methyl sites for hydroxylation is 2. The number of halogens is 2. The Kier molecular flexibility index (Phi) is 4.11. The minimum atomic E-state index is -4.12. The number of hydrogen-bond donors (Lipinski definition) is 2. The highest BCUT2D eigenvalue weighted by Crippen LogP contribution is 2.29. The minimum absolute atomic E-state index is 0.202. The molecule has 4 nitrogen and oxygen atoms in total. The third kappa shape index (κ3) is 3.11. The molecule has 112 valence electrons. The lowest BCUT2D eigenvalue weighted by Crippen LogP contribution is -2.16. The van der Waals surface area contributed by atoms with E-state index in [2.05, 4.69) is 4.72 Å². The summed E-state index contributed by atoms with van der Waals surface area (Å²) in [6.45, 7) is 3.30. The first kappa shape index (κ1) is 15.6. The molecule has 0 amide bonds. The van der Waals surface area contributed by atoms with Gasteiger partial charge in [0.25, 0.3) is 10.0 Å². The standard InChI is InChI=1S/C14H14ClFN2O2S/c1-8-4-3-5-10(15)14(8)18-21(19,20)13-7-12(17)9(2)6-11(13)16/h3-7,18H,17H2,1-2H3. The molecule has 0 aliphatic carbocycles. The van der Waals surface area contributed by atoms with Crippen LogP contribution in [0.15, 0.2) is 35.2 Å². The van der Waals surface area contributed by atoms with Crippen molar-refractivity contribution in [3.8, 4) is 0 Å². The summed E-state index contributed by atoms with van der Waals surface area (Å²) >= 11 is 5.97. The number of nitrogens with two attached hydrogens (primary N) is 1. The van der Waals surface area contributed by atoms with Crippen LogP contribution in [0.2, 0.25) is 5.02 Å². The fraction of sp³-hybridized carbons (Fsp3) is 0.143. The first-order chi connectivity index (χ1) is 9.72. The molecule has 0 aromatic heterocycles. The van der Waals surface area contributed by atoms with Gasteiger partial charge in [-0.15, -0.1) is 0 Å². The van der Waals surface area contributed by atoms with Crippen molar-refractivity contribution in [2.75, 3.05) is 10.5 Å². The first-order valence-corrected chi connectivity index (χ1v) is 7.92. The zero-order valence-corrected chi connectivity index (χ0v) is 13.0. The summed E-state index contributed by atoms with van der Waals surface area (Å²) in [5, 5.41) is 0.235. The van der Waals surface area contributed by atoms with Crippen molar-refractivity contribution in [1.82, 2.24) is 0 Å². The van der Waals surface area contributed by atoms with Crippen molar-refractivity contribution in [1.29, 1.82) is 0 Å². The Labute approximate surface area is 127 Å². The van der Waals surface area contributed by atoms with Gasteiger partial charge in [-0.2, -0.15) is 0 Å². The van der Waals surface area contributed by atoms with E-state index in [0.717, 1.165) is 12.1 Å². The van der Waals surface area contributed by atoms with Gasteiger partial charge in [0.15, 0.2) is 0 Å². The Morgan fingerprint density at radius 1 is 1.19 bits per heavy atom. The van der Waals surface area contributed by atoms with Crippen molar-refractivity contribution >= 4 is 33.0 Å². The zero-order chi connectivity index (χ0) is 15.8. The second-order valence-electron chi connectivity index (χ2n) is 4.68. The summed E-state index contributed by atoms with van der Waals surface area (Å²) < 4.78 is 40.9. The normalized spacial score (nSPS) is 11.4. The van der Waals surface area contributed by atoms with Crippen LogP contribution >= 0.6 is 11.6 Å². The van der Waals surface area contributed by atoms with Crippen LogP contribution < -0.4 is 10.5 Å². The van der Waals surface area contributed by atoms with Gasteiger partial charge in [0.2, 0.25) is 0 Å². The molecule has 2 aromatic rings. The van der Waals surface area contributed by atoms with Gasteiger partial charge in [-0.3, -0.25) is 4.72 Å². The van der Waals surface area contributed by atoms with Gasteiger partial charge in [-0.1, -0.05) is 23.7 Å². The Hall–Kier alpha value is -1.79. The number of sulfonamides is 1. The minimum Gasteiger partial charge on any atom is -0.398 e.